The third kappa shape index (κ3) is 5.70. The molecule has 1 amide bonds. The Morgan fingerprint density at radius 2 is 2.11 bits per heavy atom. The number of aliphatic hydroxyl groups is 1. The van der Waals surface area contributed by atoms with Gasteiger partial charge >= 0.3 is 0 Å². The van der Waals surface area contributed by atoms with Crippen LogP contribution in [0.1, 0.15) is 20.3 Å². The number of rotatable bonds is 7. The Morgan fingerprint density at radius 1 is 1.42 bits per heavy atom. The molecule has 0 aliphatic carbocycles. The minimum atomic E-state index is -0.495. The van der Waals surface area contributed by atoms with Gasteiger partial charge in [-0.2, -0.15) is 0 Å². The highest BCUT2D eigenvalue weighted by Crippen LogP contribution is 2.14. The van der Waals surface area contributed by atoms with Crippen molar-refractivity contribution in [3.8, 4) is 5.75 Å². The summed E-state index contributed by atoms with van der Waals surface area (Å²) in [6, 6.07) is 5.92. The Hall–Kier alpha value is -1.62. The number of carbonyl (C=O) groups is 1. The Morgan fingerprint density at radius 3 is 2.74 bits per heavy atom. The van der Waals surface area contributed by atoms with Gasteiger partial charge in [-0.25, -0.2) is 4.39 Å². The number of benzene rings is 1. The predicted octanol–water partition coefficient (Wildman–Crippen LogP) is 1.73. The molecule has 0 bridgehead atoms. The molecule has 5 heteroatoms. The Kier molecular flexibility index (Phi) is 6.29. The summed E-state index contributed by atoms with van der Waals surface area (Å²) >= 11 is 0. The summed E-state index contributed by atoms with van der Waals surface area (Å²) in [5.41, 5.74) is 0. The van der Waals surface area contributed by atoms with Crippen molar-refractivity contribution in [1.82, 2.24) is 5.32 Å². The van der Waals surface area contributed by atoms with E-state index < -0.39 is 11.9 Å². The Labute approximate surface area is 112 Å². The molecule has 0 saturated heterocycles. The SMILES string of the molecule is CC(C)C(O)CCNC(=O)COc1ccccc1F. The highest BCUT2D eigenvalue weighted by Gasteiger charge is 2.10. The van der Waals surface area contributed by atoms with Gasteiger partial charge in [-0.3, -0.25) is 4.79 Å². The minimum Gasteiger partial charge on any atom is -0.481 e. The molecule has 1 aromatic rings. The number of hydrogen-bond donors (Lipinski definition) is 2. The number of aliphatic hydroxyl groups excluding tert-OH is 1. The maximum Gasteiger partial charge on any atom is 0.257 e. The summed E-state index contributed by atoms with van der Waals surface area (Å²) in [7, 11) is 0. The average Bonchev–Trinajstić information content (AvgIpc) is 2.37. The molecule has 0 aromatic heterocycles. The molecule has 0 aliphatic heterocycles. The lowest BCUT2D eigenvalue weighted by molar-refractivity contribution is -0.123. The lowest BCUT2D eigenvalue weighted by atomic mass is 10.0. The molecule has 0 spiro atoms. The van der Waals surface area contributed by atoms with Crippen molar-refractivity contribution in [3.05, 3.63) is 30.1 Å². The van der Waals surface area contributed by atoms with Crippen molar-refractivity contribution in [2.75, 3.05) is 13.2 Å². The van der Waals surface area contributed by atoms with Crippen molar-refractivity contribution in [2.24, 2.45) is 5.92 Å². The van der Waals surface area contributed by atoms with E-state index in [1.165, 1.54) is 12.1 Å². The first-order valence-electron chi connectivity index (χ1n) is 6.32. The van der Waals surface area contributed by atoms with Crippen LogP contribution in [-0.4, -0.2) is 30.3 Å². The zero-order valence-corrected chi connectivity index (χ0v) is 11.2. The summed E-state index contributed by atoms with van der Waals surface area (Å²) < 4.78 is 18.3. The normalized spacial score (nSPS) is 12.3. The zero-order chi connectivity index (χ0) is 14.3. The van der Waals surface area contributed by atoms with Crippen LogP contribution in [0.4, 0.5) is 4.39 Å². The first kappa shape index (κ1) is 15.4. The molecular weight excluding hydrogens is 249 g/mol. The van der Waals surface area contributed by atoms with Crippen LogP contribution >= 0.6 is 0 Å². The number of halogens is 1. The van der Waals surface area contributed by atoms with Crippen molar-refractivity contribution < 1.29 is 19.0 Å². The van der Waals surface area contributed by atoms with Crippen molar-refractivity contribution in [2.45, 2.75) is 26.4 Å². The molecule has 19 heavy (non-hydrogen) atoms. The quantitative estimate of drug-likeness (QED) is 0.792. The van der Waals surface area contributed by atoms with Gasteiger partial charge in [0.1, 0.15) is 0 Å². The summed E-state index contributed by atoms with van der Waals surface area (Å²) in [4.78, 5) is 11.4. The van der Waals surface area contributed by atoms with Gasteiger partial charge in [-0.1, -0.05) is 26.0 Å². The number of para-hydroxylation sites is 1. The number of hydrogen-bond acceptors (Lipinski definition) is 3. The van der Waals surface area contributed by atoms with Crippen LogP contribution in [0.15, 0.2) is 24.3 Å². The zero-order valence-electron chi connectivity index (χ0n) is 11.2. The first-order valence-corrected chi connectivity index (χ1v) is 6.32. The van der Waals surface area contributed by atoms with Crippen LogP contribution in [0, 0.1) is 11.7 Å². The highest BCUT2D eigenvalue weighted by atomic mass is 19.1. The fraction of sp³-hybridized carbons (Fsp3) is 0.500. The fourth-order valence-corrected chi connectivity index (χ4v) is 1.45. The van der Waals surface area contributed by atoms with E-state index in [1.807, 2.05) is 13.8 Å². The van der Waals surface area contributed by atoms with E-state index in [-0.39, 0.29) is 24.2 Å². The standard InChI is InChI=1S/C14H20FNO3/c1-10(2)12(17)7-8-16-14(18)9-19-13-6-4-3-5-11(13)15/h3-6,10,12,17H,7-9H2,1-2H3,(H,16,18). The summed E-state index contributed by atoms with van der Waals surface area (Å²) in [6.45, 7) is 3.96. The van der Waals surface area contributed by atoms with Crippen molar-refractivity contribution in [1.29, 1.82) is 0 Å². The average molecular weight is 269 g/mol. The van der Waals surface area contributed by atoms with E-state index >= 15 is 0 Å². The molecule has 0 fully saturated rings. The van der Waals surface area contributed by atoms with Crippen molar-refractivity contribution in [3.63, 3.8) is 0 Å². The van der Waals surface area contributed by atoms with Gasteiger partial charge in [0.2, 0.25) is 0 Å². The Bertz CT molecular complexity index is 409. The van der Waals surface area contributed by atoms with Crippen LogP contribution in [0.3, 0.4) is 0 Å². The van der Waals surface area contributed by atoms with Gasteiger partial charge in [0.05, 0.1) is 6.10 Å². The lowest BCUT2D eigenvalue weighted by Gasteiger charge is -2.14. The van der Waals surface area contributed by atoms with Gasteiger partial charge < -0.3 is 15.2 Å². The second-order valence-corrected chi connectivity index (χ2v) is 4.67. The van der Waals surface area contributed by atoms with E-state index in [2.05, 4.69) is 5.32 Å². The molecule has 0 aliphatic rings. The molecule has 4 nitrogen and oxygen atoms in total. The van der Waals surface area contributed by atoms with E-state index in [0.717, 1.165) is 0 Å². The summed E-state index contributed by atoms with van der Waals surface area (Å²) in [6.07, 6.45) is 0.0520. The third-order valence-electron chi connectivity index (χ3n) is 2.73. The van der Waals surface area contributed by atoms with Crippen molar-refractivity contribution >= 4 is 5.91 Å². The molecule has 1 aromatic carbocycles. The largest absolute Gasteiger partial charge is 0.481 e. The minimum absolute atomic E-state index is 0.0554. The van der Waals surface area contributed by atoms with E-state index in [4.69, 9.17) is 4.74 Å². The van der Waals surface area contributed by atoms with Gasteiger partial charge in [-0.05, 0) is 24.5 Å². The summed E-state index contributed by atoms with van der Waals surface area (Å²) in [5.74, 6) is -0.615. The van der Waals surface area contributed by atoms with Crippen LogP contribution in [-0.2, 0) is 4.79 Å². The molecule has 0 saturated carbocycles. The number of amides is 1. The number of carbonyl (C=O) groups excluding carboxylic acids is 1. The molecule has 2 N–H and O–H groups in total. The highest BCUT2D eigenvalue weighted by molar-refractivity contribution is 5.77. The van der Waals surface area contributed by atoms with E-state index in [0.29, 0.717) is 13.0 Å². The van der Waals surface area contributed by atoms with Crippen LogP contribution in [0.2, 0.25) is 0 Å². The van der Waals surface area contributed by atoms with Crippen LogP contribution < -0.4 is 10.1 Å². The molecule has 0 radical (unpaired) electrons. The number of nitrogens with one attached hydrogen (secondary N) is 1. The maximum atomic E-state index is 13.2. The van der Waals surface area contributed by atoms with Crippen LogP contribution in [0.25, 0.3) is 0 Å². The fourth-order valence-electron chi connectivity index (χ4n) is 1.45. The molecule has 0 heterocycles. The van der Waals surface area contributed by atoms with Crippen LogP contribution in [0.5, 0.6) is 5.75 Å². The first-order chi connectivity index (χ1) is 9.00. The molecule has 106 valence electrons. The molecule has 1 unspecified atom stereocenters. The van der Waals surface area contributed by atoms with Gasteiger partial charge in [0.15, 0.2) is 18.2 Å². The maximum absolute atomic E-state index is 13.2. The van der Waals surface area contributed by atoms with Gasteiger partial charge in [0.25, 0.3) is 5.91 Å². The smallest absolute Gasteiger partial charge is 0.257 e. The van der Waals surface area contributed by atoms with Gasteiger partial charge in [-0.15, -0.1) is 0 Å². The second-order valence-electron chi connectivity index (χ2n) is 4.67. The van der Waals surface area contributed by atoms with E-state index in [1.54, 1.807) is 12.1 Å². The van der Waals surface area contributed by atoms with E-state index in [9.17, 15) is 14.3 Å². The lowest BCUT2D eigenvalue weighted by Crippen LogP contribution is -2.32. The molecular formula is C14H20FNO3. The predicted molar refractivity (Wildman–Crippen MR) is 70.4 cm³/mol. The second kappa shape index (κ2) is 7.74. The Balaban J connectivity index is 2.24. The molecule has 1 rings (SSSR count). The van der Waals surface area contributed by atoms with Gasteiger partial charge in [0, 0.05) is 6.54 Å². The topological polar surface area (TPSA) is 58.6 Å². The third-order valence-corrected chi connectivity index (χ3v) is 2.73. The number of ether oxygens (including phenoxy) is 1. The summed E-state index contributed by atoms with van der Waals surface area (Å²) in [5, 5.41) is 12.2. The molecule has 1 atom stereocenters. The monoisotopic (exact) mass is 269 g/mol.